The van der Waals surface area contributed by atoms with E-state index in [9.17, 15) is 13.6 Å². The van der Waals surface area contributed by atoms with E-state index in [4.69, 9.17) is 5.84 Å². The van der Waals surface area contributed by atoms with Crippen LogP contribution >= 0.6 is 0 Å². The van der Waals surface area contributed by atoms with Crippen LogP contribution in [0, 0.1) is 6.92 Å². The first-order chi connectivity index (χ1) is 9.04. The number of carbonyl (C=O) groups is 1. The monoisotopic (exact) mass is 273 g/mol. The lowest BCUT2D eigenvalue weighted by Crippen LogP contribution is -2.29. The average Bonchev–Trinajstić information content (AvgIpc) is 2.37. The summed E-state index contributed by atoms with van der Waals surface area (Å²) < 4.78 is 28.2. The second-order valence-electron chi connectivity index (χ2n) is 3.92. The van der Waals surface area contributed by atoms with Crippen molar-refractivity contribution in [3.63, 3.8) is 0 Å². The largest absolute Gasteiger partial charge is 0.374 e. The number of nitrogens with one attached hydrogen (secondary N) is 2. The molecule has 0 atom stereocenters. The fourth-order valence-electron chi connectivity index (χ4n) is 1.48. The van der Waals surface area contributed by atoms with Gasteiger partial charge in [0, 0.05) is 6.54 Å². The van der Waals surface area contributed by atoms with Gasteiger partial charge in [-0.25, -0.2) is 8.78 Å². The van der Waals surface area contributed by atoms with Crippen molar-refractivity contribution in [2.24, 2.45) is 5.84 Å². The van der Waals surface area contributed by atoms with Crippen LogP contribution in [0.4, 0.5) is 14.5 Å². The van der Waals surface area contributed by atoms with Gasteiger partial charge >= 0.3 is 0 Å². The molecule has 0 aliphatic heterocycles. The fourth-order valence-corrected chi connectivity index (χ4v) is 1.48. The molecule has 1 rings (SSSR count). The Morgan fingerprint density at radius 2 is 2.21 bits per heavy atom. The highest BCUT2D eigenvalue weighted by molar-refractivity contribution is 5.99. The van der Waals surface area contributed by atoms with Crippen LogP contribution in [0.2, 0.25) is 0 Å². The highest BCUT2D eigenvalue weighted by atomic mass is 19.3. The summed E-state index contributed by atoms with van der Waals surface area (Å²) >= 11 is 0. The Balaban J connectivity index is 2.47. The molecule has 0 saturated carbocycles. The van der Waals surface area contributed by atoms with Gasteiger partial charge in [-0.3, -0.25) is 10.6 Å². The Kier molecular flexibility index (Phi) is 6.17. The van der Waals surface area contributed by atoms with E-state index in [1.54, 1.807) is 12.1 Å². The van der Waals surface area contributed by atoms with Crippen molar-refractivity contribution in [1.82, 2.24) is 5.32 Å². The maximum Gasteiger partial charge on any atom is 0.261 e. The number of nitrogen functional groups attached to an aromatic ring is 1. The molecule has 1 amide bonds. The van der Waals surface area contributed by atoms with Crippen molar-refractivity contribution in [3.05, 3.63) is 29.3 Å². The lowest BCUT2D eigenvalue weighted by molar-refractivity contribution is 0.0188. The molecule has 0 radical (unpaired) electrons. The van der Waals surface area contributed by atoms with Crippen LogP contribution in [-0.2, 0) is 4.74 Å². The summed E-state index contributed by atoms with van der Waals surface area (Å²) in [4.78, 5) is 11.9. The fraction of sp³-hybridized carbons (Fsp3) is 0.417. The number of hydrazine groups is 1. The molecule has 0 saturated heterocycles. The molecule has 0 unspecified atom stereocenters. The number of anilines is 1. The standard InChI is InChI=1S/C12H17F2N3O2/c1-8-2-3-10(17-15)9(6-8)12(18)16-4-5-19-7-11(13)14/h2-3,6,11,17H,4-5,7,15H2,1H3,(H,16,18). The highest BCUT2D eigenvalue weighted by Crippen LogP contribution is 2.15. The van der Waals surface area contributed by atoms with Gasteiger partial charge in [0.1, 0.15) is 6.61 Å². The van der Waals surface area contributed by atoms with Crippen molar-refractivity contribution < 1.29 is 18.3 Å². The molecule has 0 bridgehead atoms. The minimum Gasteiger partial charge on any atom is -0.374 e. The second-order valence-corrected chi connectivity index (χ2v) is 3.92. The molecule has 106 valence electrons. The SMILES string of the molecule is Cc1ccc(NN)c(C(=O)NCCOCC(F)F)c1. The number of hydrogen-bond donors (Lipinski definition) is 3. The number of nitrogens with two attached hydrogens (primary N) is 1. The first-order valence-corrected chi connectivity index (χ1v) is 5.76. The molecule has 0 aromatic heterocycles. The van der Waals surface area contributed by atoms with Crippen LogP contribution in [0.3, 0.4) is 0 Å². The molecule has 0 aliphatic rings. The van der Waals surface area contributed by atoms with E-state index in [-0.39, 0.29) is 19.1 Å². The maximum absolute atomic E-state index is 11.9. The number of amides is 1. The Morgan fingerprint density at radius 3 is 2.84 bits per heavy atom. The topological polar surface area (TPSA) is 76.4 Å². The van der Waals surface area contributed by atoms with Crippen molar-refractivity contribution in [2.45, 2.75) is 13.3 Å². The average molecular weight is 273 g/mol. The van der Waals surface area contributed by atoms with E-state index in [1.165, 1.54) is 0 Å². The number of halogens is 2. The maximum atomic E-state index is 11.9. The quantitative estimate of drug-likeness (QED) is 0.397. The third kappa shape index (κ3) is 5.19. The highest BCUT2D eigenvalue weighted by Gasteiger charge is 2.10. The van der Waals surface area contributed by atoms with E-state index in [0.717, 1.165) is 5.56 Å². The van der Waals surface area contributed by atoms with Gasteiger partial charge in [-0.1, -0.05) is 11.6 Å². The Bertz CT molecular complexity index is 427. The number of carbonyl (C=O) groups excluding carboxylic acids is 1. The number of rotatable bonds is 7. The Labute approximate surface area is 110 Å². The summed E-state index contributed by atoms with van der Waals surface area (Å²) in [5.74, 6) is 4.97. The van der Waals surface area contributed by atoms with E-state index >= 15 is 0 Å². The smallest absolute Gasteiger partial charge is 0.261 e. The molecule has 0 heterocycles. The normalized spacial score (nSPS) is 10.6. The summed E-state index contributed by atoms with van der Waals surface area (Å²) in [5.41, 5.74) is 4.24. The Hall–Kier alpha value is -1.73. The third-order valence-electron chi connectivity index (χ3n) is 2.35. The zero-order valence-electron chi connectivity index (χ0n) is 10.6. The summed E-state index contributed by atoms with van der Waals surface area (Å²) in [6.45, 7) is 1.41. The summed E-state index contributed by atoms with van der Waals surface area (Å²) in [5, 5.41) is 2.57. The molecule has 0 spiro atoms. The first kappa shape index (κ1) is 15.3. The molecular formula is C12H17F2N3O2. The number of ether oxygens (including phenoxy) is 1. The van der Waals surface area contributed by atoms with Gasteiger partial charge in [-0.2, -0.15) is 0 Å². The van der Waals surface area contributed by atoms with Crippen LogP contribution in [-0.4, -0.2) is 32.1 Å². The molecule has 5 nitrogen and oxygen atoms in total. The molecule has 0 fully saturated rings. The van der Waals surface area contributed by atoms with Gasteiger partial charge in [0.05, 0.1) is 17.9 Å². The molecular weight excluding hydrogens is 256 g/mol. The van der Waals surface area contributed by atoms with Crippen LogP contribution < -0.4 is 16.6 Å². The predicted molar refractivity (Wildman–Crippen MR) is 68.1 cm³/mol. The summed E-state index contributed by atoms with van der Waals surface area (Å²) in [6, 6.07) is 5.19. The van der Waals surface area contributed by atoms with E-state index < -0.39 is 13.0 Å². The van der Waals surface area contributed by atoms with Gasteiger partial charge in [-0.15, -0.1) is 0 Å². The van der Waals surface area contributed by atoms with E-state index in [0.29, 0.717) is 11.3 Å². The summed E-state index contributed by atoms with van der Waals surface area (Å²) in [6.07, 6.45) is -2.50. The van der Waals surface area contributed by atoms with Crippen molar-refractivity contribution >= 4 is 11.6 Å². The second kappa shape index (κ2) is 7.65. The zero-order valence-corrected chi connectivity index (χ0v) is 10.6. The molecule has 1 aromatic rings. The summed E-state index contributed by atoms with van der Waals surface area (Å²) in [7, 11) is 0. The van der Waals surface area contributed by atoms with Gasteiger partial charge in [0.2, 0.25) is 0 Å². The van der Waals surface area contributed by atoms with Gasteiger partial charge in [0.25, 0.3) is 12.3 Å². The number of alkyl halides is 2. The molecule has 7 heteroatoms. The van der Waals surface area contributed by atoms with Gasteiger partial charge in [0.15, 0.2) is 0 Å². The minimum atomic E-state index is -2.50. The first-order valence-electron chi connectivity index (χ1n) is 5.76. The third-order valence-corrected chi connectivity index (χ3v) is 2.35. The predicted octanol–water partition coefficient (Wildman–Crippen LogP) is 1.29. The van der Waals surface area contributed by atoms with Gasteiger partial charge in [-0.05, 0) is 19.1 Å². The zero-order chi connectivity index (χ0) is 14.3. The van der Waals surface area contributed by atoms with E-state index in [2.05, 4.69) is 15.5 Å². The minimum absolute atomic E-state index is 0.0350. The number of benzene rings is 1. The molecule has 4 N–H and O–H groups in total. The molecule has 19 heavy (non-hydrogen) atoms. The van der Waals surface area contributed by atoms with Crippen molar-refractivity contribution in [3.8, 4) is 0 Å². The van der Waals surface area contributed by atoms with E-state index in [1.807, 2.05) is 13.0 Å². The van der Waals surface area contributed by atoms with Crippen LogP contribution in [0.25, 0.3) is 0 Å². The Morgan fingerprint density at radius 1 is 1.47 bits per heavy atom. The lowest BCUT2D eigenvalue weighted by Gasteiger charge is -2.10. The lowest BCUT2D eigenvalue weighted by atomic mass is 10.1. The number of hydrogen-bond acceptors (Lipinski definition) is 4. The van der Waals surface area contributed by atoms with Crippen LogP contribution in [0.5, 0.6) is 0 Å². The number of aryl methyl sites for hydroxylation is 1. The molecule has 1 aromatic carbocycles. The van der Waals surface area contributed by atoms with Crippen LogP contribution in [0.15, 0.2) is 18.2 Å². The van der Waals surface area contributed by atoms with Crippen molar-refractivity contribution in [2.75, 3.05) is 25.2 Å². The van der Waals surface area contributed by atoms with Crippen LogP contribution in [0.1, 0.15) is 15.9 Å². The van der Waals surface area contributed by atoms with Crippen molar-refractivity contribution in [1.29, 1.82) is 0 Å². The van der Waals surface area contributed by atoms with Gasteiger partial charge < -0.3 is 15.5 Å². The molecule has 0 aliphatic carbocycles.